The second kappa shape index (κ2) is 6.18. The van der Waals surface area contributed by atoms with Crippen LogP contribution in [0.25, 0.3) is 0 Å². The third-order valence-corrected chi connectivity index (χ3v) is 2.96. The van der Waals surface area contributed by atoms with Crippen LogP contribution in [0.1, 0.15) is 23.0 Å². The molecule has 0 atom stereocenters. The zero-order valence-corrected chi connectivity index (χ0v) is 11.8. The summed E-state index contributed by atoms with van der Waals surface area (Å²) in [7, 11) is 3.08. The summed E-state index contributed by atoms with van der Waals surface area (Å²) < 4.78 is 11.8. The number of pyridine rings is 1. The largest absolute Gasteiger partial charge is 0.493 e. The molecule has 0 amide bonds. The van der Waals surface area contributed by atoms with Gasteiger partial charge in [-0.2, -0.15) is 5.10 Å². The van der Waals surface area contributed by atoms with Gasteiger partial charge in [0.2, 0.25) is 5.88 Å². The van der Waals surface area contributed by atoms with Crippen molar-refractivity contribution in [3.8, 4) is 11.6 Å². The molecule has 2 rings (SSSR count). The SMILES string of the molecule is CCn1ncc(OC)c1C(=O)Cc1ccc(OC)nc1. The fraction of sp³-hybridized carbons (Fsp3) is 0.357. The molecule has 0 aromatic carbocycles. The van der Waals surface area contributed by atoms with Crippen LogP contribution in [0.4, 0.5) is 0 Å². The summed E-state index contributed by atoms with van der Waals surface area (Å²) in [6, 6.07) is 3.56. The first kappa shape index (κ1) is 14.0. The minimum atomic E-state index is -0.0480. The number of carbonyl (C=O) groups excluding carboxylic acids is 1. The van der Waals surface area contributed by atoms with Gasteiger partial charge in [-0.15, -0.1) is 0 Å². The van der Waals surface area contributed by atoms with Crippen molar-refractivity contribution in [2.45, 2.75) is 19.9 Å². The van der Waals surface area contributed by atoms with Crippen LogP contribution in [0.15, 0.2) is 24.5 Å². The molecule has 0 fully saturated rings. The lowest BCUT2D eigenvalue weighted by Crippen LogP contribution is -2.13. The van der Waals surface area contributed by atoms with Crippen LogP contribution < -0.4 is 9.47 Å². The Bertz CT molecular complexity index is 569. The fourth-order valence-electron chi connectivity index (χ4n) is 1.94. The molecule has 0 N–H and O–H groups in total. The monoisotopic (exact) mass is 275 g/mol. The van der Waals surface area contributed by atoms with E-state index < -0.39 is 0 Å². The predicted octanol–water partition coefficient (Wildman–Crippen LogP) is 1.74. The summed E-state index contributed by atoms with van der Waals surface area (Å²) >= 11 is 0. The lowest BCUT2D eigenvalue weighted by molar-refractivity contribution is 0.0979. The molecular formula is C14H17N3O3. The molecule has 6 nitrogen and oxygen atoms in total. The molecule has 20 heavy (non-hydrogen) atoms. The van der Waals surface area contributed by atoms with Gasteiger partial charge in [0.25, 0.3) is 0 Å². The van der Waals surface area contributed by atoms with E-state index >= 15 is 0 Å². The van der Waals surface area contributed by atoms with Gasteiger partial charge in [-0.1, -0.05) is 6.07 Å². The molecule has 0 aliphatic carbocycles. The minimum Gasteiger partial charge on any atom is -0.493 e. The van der Waals surface area contributed by atoms with E-state index in [0.29, 0.717) is 23.9 Å². The van der Waals surface area contributed by atoms with Crippen molar-refractivity contribution < 1.29 is 14.3 Å². The molecule has 0 bridgehead atoms. The Hall–Kier alpha value is -2.37. The van der Waals surface area contributed by atoms with Crippen LogP contribution in [-0.2, 0) is 13.0 Å². The number of aromatic nitrogens is 3. The summed E-state index contributed by atoms with van der Waals surface area (Å²) in [6.45, 7) is 2.55. The van der Waals surface area contributed by atoms with E-state index in [1.54, 1.807) is 30.3 Å². The van der Waals surface area contributed by atoms with E-state index in [2.05, 4.69) is 10.1 Å². The van der Waals surface area contributed by atoms with Gasteiger partial charge < -0.3 is 9.47 Å². The Kier molecular flexibility index (Phi) is 4.34. The molecule has 0 radical (unpaired) electrons. The second-order valence-electron chi connectivity index (χ2n) is 4.19. The normalized spacial score (nSPS) is 10.3. The number of methoxy groups -OCH3 is 2. The number of Topliss-reactive ketones (excluding diaryl/α,β-unsaturated/α-hetero) is 1. The molecule has 0 aliphatic rings. The summed E-state index contributed by atoms with van der Waals surface area (Å²) in [5.74, 6) is 0.976. The lowest BCUT2D eigenvalue weighted by Gasteiger charge is -2.06. The zero-order valence-electron chi connectivity index (χ0n) is 11.8. The second-order valence-corrected chi connectivity index (χ2v) is 4.19. The van der Waals surface area contributed by atoms with E-state index in [1.807, 2.05) is 13.0 Å². The average Bonchev–Trinajstić information content (AvgIpc) is 2.91. The van der Waals surface area contributed by atoms with Gasteiger partial charge >= 0.3 is 0 Å². The number of rotatable bonds is 6. The third kappa shape index (κ3) is 2.79. The number of nitrogens with zero attached hydrogens (tertiary/aromatic N) is 3. The van der Waals surface area contributed by atoms with Crippen molar-refractivity contribution in [3.05, 3.63) is 35.8 Å². The van der Waals surface area contributed by atoms with Crippen LogP contribution >= 0.6 is 0 Å². The maximum Gasteiger partial charge on any atom is 0.212 e. The van der Waals surface area contributed by atoms with Gasteiger partial charge in [0.15, 0.2) is 11.5 Å². The molecule has 0 saturated heterocycles. The fourth-order valence-corrected chi connectivity index (χ4v) is 1.94. The molecule has 0 saturated carbocycles. The Morgan fingerprint density at radius 3 is 2.60 bits per heavy atom. The smallest absolute Gasteiger partial charge is 0.212 e. The maximum atomic E-state index is 12.4. The van der Waals surface area contributed by atoms with E-state index in [9.17, 15) is 4.79 Å². The summed E-state index contributed by atoms with van der Waals surface area (Å²) in [4.78, 5) is 16.5. The van der Waals surface area contributed by atoms with Crippen molar-refractivity contribution in [2.24, 2.45) is 0 Å². The molecule has 0 spiro atoms. The van der Waals surface area contributed by atoms with Gasteiger partial charge in [-0.25, -0.2) is 4.98 Å². The Labute approximate surface area is 117 Å². The molecule has 2 aromatic rings. The lowest BCUT2D eigenvalue weighted by atomic mass is 10.1. The van der Waals surface area contributed by atoms with Gasteiger partial charge in [-0.05, 0) is 12.5 Å². The number of carbonyl (C=O) groups is 1. The quantitative estimate of drug-likeness (QED) is 0.751. The van der Waals surface area contributed by atoms with E-state index in [4.69, 9.17) is 9.47 Å². The Balaban J connectivity index is 2.20. The van der Waals surface area contributed by atoms with Crippen LogP contribution in [0.5, 0.6) is 11.6 Å². The molecule has 2 heterocycles. The average molecular weight is 275 g/mol. The number of ketones is 1. The molecule has 106 valence electrons. The molecular weight excluding hydrogens is 258 g/mol. The van der Waals surface area contributed by atoms with Gasteiger partial charge in [0.1, 0.15) is 5.69 Å². The van der Waals surface area contributed by atoms with Crippen molar-refractivity contribution >= 4 is 5.78 Å². The van der Waals surface area contributed by atoms with Gasteiger partial charge in [0.05, 0.1) is 20.4 Å². The zero-order chi connectivity index (χ0) is 14.5. The van der Waals surface area contributed by atoms with E-state index in [1.165, 1.54) is 7.11 Å². The van der Waals surface area contributed by atoms with E-state index in [-0.39, 0.29) is 12.2 Å². The van der Waals surface area contributed by atoms with Crippen LogP contribution in [0.3, 0.4) is 0 Å². The maximum absolute atomic E-state index is 12.4. The van der Waals surface area contributed by atoms with Crippen molar-refractivity contribution in [1.82, 2.24) is 14.8 Å². The number of hydrogen-bond acceptors (Lipinski definition) is 5. The topological polar surface area (TPSA) is 66.2 Å². The molecule has 0 unspecified atom stereocenters. The molecule has 2 aromatic heterocycles. The standard InChI is InChI=1S/C14H17N3O3/c1-4-17-14(12(19-2)9-16-17)11(18)7-10-5-6-13(20-3)15-8-10/h5-6,8-9H,4,7H2,1-3H3. The third-order valence-electron chi connectivity index (χ3n) is 2.96. The van der Waals surface area contributed by atoms with Gasteiger partial charge in [0, 0.05) is 25.2 Å². The number of ether oxygens (including phenoxy) is 2. The highest BCUT2D eigenvalue weighted by Gasteiger charge is 2.19. The molecule has 0 aliphatic heterocycles. The predicted molar refractivity (Wildman–Crippen MR) is 73.3 cm³/mol. The summed E-state index contributed by atoms with van der Waals surface area (Å²) in [5.41, 5.74) is 1.31. The Morgan fingerprint density at radius 1 is 1.25 bits per heavy atom. The minimum absolute atomic E-state index is 0.0480. The molecule has 6 heteroatoms. The van der Waals surface area contributed by atoms with Crippen molar-refractivity contribution in [2.75, 3.05) is 14.2 Å². The van der Waals surface area contributed by atoms with Gasteiger partial charge in [-0.3, -0.25) is 9.48 Å². The highest BCUT2D eigenvalue weighted by Crippen LogP contribution is 2.20. The van der Waals surface area contributed by atoms with Crippen LogP contribution in [-0.4, -0.2) is 34.8 Å². The highest BCUT2D eigenvalue weighted by atomic mass is 16.5. The van der Waals surface area contributed by atoms with E-state index in [0.717, 1.165) is 5.56 Å². The highest BCUT2D eigenvalue weighted by molar-refractivity contribution is 5.98. The number of hydrogen-bond donors (Lipinski definition) is 0. The first-order chi connectivity index (χ1) is 9.69. The summed E-state index contributed by atoms with van der Waals surface area (Å²) in [6.07, 6.45) is 3.44. The Morgan fingerprint density at radius 2 is 2.05 bits per heavy atom. The summed E-state index contributed by atoms with van der Waals surface area (Å²) in [5, 5.41) is 4.13. The first-order valence-corrected chi connectivity index (χ1v) is 6.31. The van der Waals surface area contributed by atoms with Crippen LogP contribution in [0.2, 0.25) is 0 Å². The first-order valence-electron chi connectivity index (χ1n) is 6.31. The number of aryl methyl sites for hydroxylation is 1. The van der Waals surface area contributed by atoms with Crippen LogP contribution in [0, 0.1) is 0 Å². The van der Waals surface area contributed by atoms with Crippen molar-refractivity contribution in [3.63, 3.8) is 0 Å². The van der Waals surface area contributed by atoms with Crippen molar-refractivity contribution in [1.29, 1.82) is 0 Å².